The molecule has 2 amide bonds. The van der Waals surface area contributed by atoms with Gasteiger partial charge in [0.05, 0.1) is 6.61 Å². The Morgan fingerprint density at radius 3 is 2.81 bits per heavy atom. The lowest BCUT2D eigenvalue weighted by Gasteiger charge is -2.37. The van der Waals surface area contributed by atoms with Crippen LogP contribution < -0.4 is 5.32 Å². The van der Waals surface area contributed by atoms with E-state index in [4.69, 9.17) is 4.74 Å². The van der Waals surface area contributed by atoms with Crippen molar-refractivity contribution in [2.75, 3.05) is 19.7 Å². The zero-order valence-electron chi connectivity index (χ0n) is 16.5. The van der Waals surface area contributed by atoms with Gasteiger partial charge < -0.3 is 15.0 Å². The van der Waals surface area contributed by atoms with E-state index in [0.29, 0.717) is 18.4 Å². The highest BCUT2D eigenvalue weighted by atomic mass is 16.5. The summed E-state index contributed by atoms with van der Waals surface area (Å²) in [5, 5.41) is 2.83. The molecule has 2 aliphatic carbocycles. The van der Waals surface area contributed by atoms with Crippen molar-refractivity contribution in [2.24, 2.45) is 11.8 Å². The number of nitrogens with one attached hydrogen (secondary N) is 1. The monoisotopic (exact) mass is 370 g/mol. The maximum atomic E-state index is 12.9. The van der Waals surface area contributed by atoms with E-state index in [1.165, 1.54) is 17.5 Å². The summed E-state index contributed by atoms with van der Waals surface area (Å²) in [6.45, 7) is 8.35. The smallest absolute Gasteiger partial charge is 0.407 e. The maximum absolute atomic E-state index is 12.9. The second-order valence-corrected chi connectivity index (χ2v) is 8.79. The van der Waals surface area contributed by atoms with Crippen LogP contribution in [0, 0.1) is 11.8 Å². The van der Waals surface area contributed by atoms with Crippen LogP contribution in [0.3, 0.4) is 0 Å². The first-order chi connectivity index (χ1) is 12.9. The highest BCUT2D eigenvalue weighted by molar-refractivity contribution is 5.81. The van der Waals surface area contributed by atoms with E-state index in [1.807, 2.05) is 0 Å². The van der Waals surface area contributed by atoms with Crippen molar-refractivity contribution in [1.82, 2.24) is 10.2 Å². The minimum atomic E-state index is -0.375. The number of likely N-dealkylation sites (tertiary alicyclic amines) is 1. The van der Waals surface area contributed by atoms with E-state index in [0.717, 1.165) is 25.9 Å². The van der Waals surface area contributed by atoms with Crippen LogP contribution in [0.25, 0.3) is 0 Å². The number of fused-ring (bicyclic) bond motifs is 1. The van der Waals surface area contributed by atoms with E-state index >= 15 is 0 Å². The third-order valence-electron chi connectivity index (χ3n) is 6.67. The summed E-state index contributed by atoms with van der Waals surface area (Å²) in [7, 11) is 0. The van der Waals surface area contributed by atoms with Crippen LogP contribution in [0.5, 0.6) is 0 Å². The van der Waals surface area contributed by atoms with Crippen LogP contribution in [0.4, 0.5) is 4.79 Å². The third kappa shape index (κ3) is 3.32. The van der Waals surface area contributed by atoms with Gasteiger partial charge in [0, 0.05) is 30.5 Å². The normalized spacial score (nSPS) is 31.3. The lowest BCUT2D eigenvalue weighted by atomic mass is 9.79. The summed E-state index contributed by atoms with van der Waals surface area (Å²) in [6.07, 6.45) is 2.29. The van der Waals surface area contributed by atoms with Crippen molar-refractivity contribution in [3.8, 4) is 0 Å². The molecule has 5 nitrogen and oxygen atoms in total. The molecule has 2 atom stereocenters. The Balaban J connectivity index is 1.34. The molecular weight excluding hydrogens is 340 g/mol. The van der Waals surface area contributed by atoms with E-state index in [-0.39, 0.29) is 29.4 Å². The van der Waals surface area contributed by atoms with Crippen LogP contribution in [-0.2, 0) is 14.9 Å². The SMILES string of the molecule is CCOC(=O)NC1CC(C(=O)N2C[C@@H]3C[C@]3(c3cccc(C(C)C)c3)C2)C1. The van der Waals surface area contributed by atoms with Crippen molar-refractivity contribution in [2.45, 2.75) is 57.4 Å². The van der Waals surface area contributed by atoms with E-state index in [9.17, 15) is 9.59 Å². The van der Waals surface area contributed by atoms with Gasteiger partial charge in [-0.25, -0.2) is 4.79 Å². The molecule has 3 fully saturated rings. The van der Waals surface area contributed by atoms with Gasteiger partial charge in [0.15, 0.2) is 0 Å². The summed E-state index contributed by atoms with van der Waals surface area (Å²) in [6, 6.07) is 9.03. The molecule has 1 N–H and O–H groups in total. The predicted molar refractivity (Wildman–Crippen MR) is 104 cm³/mol. The van der Waals surface area contributed by atoms with Gasteiger partial charge in [-0.2, -0.15) is 0 Å². The van der Waals surface area contributed by atoms with Gasteiger partial charge in [0.1, 0.15) is 0 Å². The Hall–Kier alpha value is -2.04. The molecule has 1 aromatic rings. The molecule has 27 heavy (non-hydrogen) atoms. The quantitative estimate of drug-likeness (QED) is 0.864. The minimum Gasteiger partial charge on any atom is -0.450 e. The van der Waals surface area contributed by atoms with E-state index in [2.05, 4.69) is 48.3 Å². The average molecular weight is 370 g/mol. The molecule has 1 heterocycles. The molecule has 0 bridgehead atoms. The second kappa shape index (κ2) is 6.84. The molecule has 4 rings (SSSR count). The summed E-state index contributed by atoms with van der Waals surface area (Å²) in [5.41, 5.74) is 2.97. The number of alkyl carbamates (subject to hydrolysis) is 1. The molecule has 1 aliphatic heterocycles. The number of hydrogen-bond acceptors (Lipinski definition) is 3. The van der Waals surface area contributed by atoms with Gasteiger partial charge >= 0.3 is 6.09 Å². The van der Waals surface area contributed by atoms with Crippen molar-refractivity contribution in [3.05, 3.63) is 35.4 Å². The van der Waals surface area contributed by atoms with Crippen LogP contribution in [-0.4, -0.2) is 42.6 Å². The molecule has 1 aromatic carbocycles. The molecule has 146 valence electrons. The summed E-state index contributed by atoms with van der Waals surface area (Å²) >= 11 is 0. The first-order valence-corrected chi connectivity index (χ1v) is 10.3. The zero-order valence-corrected chi connectivity index (χ0v) is 16.5. The molecule has 2 saturated carbocycles. The minimum absolute atomic E-state index is 0.0495. The molecule has 0 aromatic heterocycles. The number of carbonyl (C=O) groups is 2. The predicted octanol–water partition coefficient (Wildman–Crippen LogP) is 3.43. The number of rotatable bonds is 5. The van der Waals surface area contributed by atoms with E-state index < -0.39 is 0 Å². The Bertz CT molecular complexity index is 741. The molecule has 5 heteroatoms. The molecular formula is C22H30N2O3. The third-order valence-corrected chi connectivity index (χ3v) is 6.67. The summed E-state index contributed by atoms with van der Waals surface area (Å²) in [5.74, 6) is 1.45. The van der Waals surface area contributed by atoms with Crippen LogP contribution in [0.15, 0.2) is 24.3 Å². The van der Waals surface area contributed by atoms with Gasteiger partial charge in [-0.3, -0.25) is 4.79 Å². The lowest BCUT2D eigenvalue weighted by Crippen LogP contribution is -2.50. The lowest BCUT2D eigenvalue weighted by molar-refractivity contribution is -0.138. The van der Waals surface area contributed by atoms with Gasteiger partial charge in [-0.05, 0) is 49.1 Å². The Kier molecular flexibility index (Phi) is 4.65. The van der Waals surface area contributed by atoms with Crippen LogP contribution in [0.2, 0.25) is 0 Å². The number of nitrogens with zero attached hydrogens (tertiary/aromatic N) is 1. The number of ether oxygens (including phenoxy) is 1. The molecule has 0 spiro atoms. The second-order valence-electron chi connectivity index (χ2n) is 8.79. The fourth-order valence-corrected chi connectivity index (χ4v) is 4.84. The molecule has 0 unspecified atom stereocenters. The van der Waals surface area contributed by atoms with Gasteiger partial charge in [0.25, 0.3) is 0 Å². The topological polar surface area (TPSA) is 58.6 Å². The number of piperidine rings is 1. The first kappa shape index (κ1) is 18.3. The van der Waals surface area contributed by atoms with Gasteiger partial charge in [-0.15, -0.1) is 0 Å². The highest BCUT2D eigenvalue weighted by Crippen LogP contribution is 2.59. The number of amides is 2. The Labute approximate surface area is 161 Å². The van der Waals surface area contributed by atoms with Gasteiger partial charge in [-0.1, -0.05) is 38.1 Å². The fourth-order valence-electron chi connectivity index (χ4n) is 4.84. The van der Waals surface area contributed by atoms with Crippen molar-refractivity contribution < 1.29 is 14.3 Å². The molecule has 0 radical (unpaired) electrons. The number of carbonyl (C=O) groups excluding carboxylic acids is 2. The average Bonchev–Trinajstić information content (AvgIpc) is 3.19. The first-order valence-electron chi connectivity index (χ1n) is 10.3. The zero-order chi connectivity index (χ0) is 19.2. The number of benzene rings is 1. The fraction of sp³-hybridized carbons (Fsp3) is 0.636. The van der Waals surface area contributed by atoms with Gasteiger partial charge in [0.2, 0.25) is 5.91 Å². The van der Waals surface area contributed by atoms with Crippen LogP contribution >= 0.6 is 0 Å². The van der Waals surface area contributed by atoms with Crippen LogP contribution in [0.1, 0.15) is 57.1 Å². The highest BCUT2D eigenvalue weighted by Gasteiger charge is 2.62. The Morgan fingerprint density at radius 1 is 1.33 bits per heavy atom. The largest absolute Gasteiger partial charge is 0.450 e. The molecule has 1 saturated heterocycles. The molecule has 3 aliphatic rings. The summed E-state index contributed by atoms with van der Waals surface area (Å²) < 4.78 is 4.91. The van der Waals surface area contributed by atoms with E-state index in [1.54, 1.807) is 6.92 Å². The maximum Gasteiger partial charge on any atom is 0.407 e. The Morgan fingerprint density at radius 2 is 2.11 bits per heavy atom. The standard InChI is InChI=1S/C22H30N2O3/c1-4-27-21(26)23-19-9-16(10-19)20(25)24-12-18-11-22(18,13-24)17-7-5-6-15(8-17)14(2)3/h5-8,14,16,18-19H,4,9-13H2,1-3H3,(H,23,26)/t16?,18-,19?,22+/m0/s1. The van der Waals surface area contributed by atoms with Crippen molar-refractivity contribution >= 4 is 12.0 Å². The summed E-state index contributed by atoms with van der Waals surface area (Å²) in [4.78, 5) is 26.4. The van der Waals surface area contributed by atoms with Crippen molar-refractivity contribution in [1.29, 1.82) is 0 Å². The number of hydrogen-bond donors (Lipinski definition) is 1. The van der Waals surface area contributed by atoms with Crippen molar-refractivity contribution in [3.63, 3.8) is 0 Å².